The Morgan fingerprint density at radius 3 is 1.61 bits per heavy atom. The van der Waals surface area contributed by atoms with Crippen LogP contribution in [0.4, 0.5) is 0 Å². The molecule has 0 fully saturated rings. The van der Waals surface area contributed by atoms with Crippen molar-refractivity contribution in [3.8, 4) is 0 Å². The molecule has 0 aliphatic rings. The Labute approximate surface area is 153 Å². The highest BCUT2D eigenvalue weighted by atomic mass is 29.2. The standard InChI is InChI=1S/C12H38O5Si6/c1-21(2,3)14-11(10-13)12(19-20-17-18,15-22(4,5)6)16-23(7,8)9/h11,13H,10,19-20H2,1-9,18H3. The Morgan fingerprint density at radius 2 is 1.35 bits per heavy atom. The highest BCUT2D eigenvalue weighted by molar-refractivity contribution is 7.00. The molecule has 23 heavy (non-hydrogen) atoms. The molecule has 0 saturated heterocycles. The molecule has 0 rings (SSSR count). The Balaban J connectivity index is 5.81. The summed E-state index contributed by atoms with van der Waals surface area (Å²) in [6.07, 6.45) is -0.386. The first-order chi connectivity index (χ1) is 10.1. The molecule has 1 unspecified atom stereocenters. The molecule has 0 bridgehead atoms. The summed E-state index contributed by atoms with van der Waals surface area (Å²) in [4.78, 5) is 0. The fraction of sp³-hybridized carbons (Fsp3) is 1.00. The maximum Gasteiger partial charge on any atom is 0.187 e. The number of hydrogen-bond donors (Lipinski definition) is 1. The van der Waals surface area contributed by atoms with Crippen molar-refractivity contribution in [1.82, 2.24) is 0 Å². The van der Waals surface area contributed by atoms with Gasteiger partial charge < -0.3 is 22.5 Å². The molecule has 0 aliphatic carbocycles. The van der Waals surface area contributed by atoms with E-state index in [1.807, 2.05) is 0 Å². The first-order valence-electron chi connectivity index (χ1n) is 8.32. The van der Waals surface area contributed by atoms with E-state index in [0.717, 1.165) is 10.5 Å². The SMILES string of the molecule is C[Si](C)(C)OC(CO)C(O[Si](C)(C)C)(O[Si](C)(C)C)[SiH2][SiH2]O[SiH3]. The summed E-state index contributed by atoms with van der Waals surface area (Å²) in [7, 11) is -6.14. The van der Waals surface area contributed by atoms with Crippen LogP contribution < -0.4 is 0 Å². The molecule has 0 aromatic rings. The normalized spacial score (nSPS) is 17.0. The zero-order valence-corrected chi connectivity index (χ0v) is 24.6. The molecular formula is C12H38O5Si6. The number of aliphatic hydroxyl groups is 1. The molecule has 0 heterocycles. The third-order valence-electron chi connectivity index (χ3n) is 2.76. The van der Waals surface area contributed by atoms with Crippen molar-refractivity contribution in [2.24, 2.45) is 0 Å². The fourth-order valence-electron chi connectivity index (χ4n) is 2.39. The van der Waals surface area contributed by atoms with E-state index in [1.54, 1.807) is 0 Å². The summed E-state index contributed by atoms with van der Waals surface area (Å²) >= 11 is 0. The van der Waals surface area contributed by atoms with Crippen LogP contribution in [0.15, 0.2) is 0 Å². The van der Waals surface area contributed by atoms with Crippen molar-refractivity contribution < 1.29 is 22.5 Å². The Morgan fingerprint density at radius 1 is 0.913 bits per heavy atom. The molecule has 1 N–H and O–H groups in total. The van der Waals surface area contributed by atoms with E-state index in [-0.39, 0.29) is 12.7 Å². The number of rotatable bonds is 11. The molecule has 0 radical (unpaired) electrons. The van der Waals surface area contributed by atoms with Crippen LogP contribution in [0.25, 0.3) is 0 Å². The highest BCUT2D eigenvalue weighted by Gasteiger charge is 2.48. The van der Waals surface area contributed by atoms with Gasteiger partial charge in [-0.1, -0.05) is 0 Å². The second kappa shape index (κ2) is 9.16. The van der Waals surface area contributed by atoms with Gasteiger partial charge in [0.1, 0.15) is 34.9 Å². The summed E-state index contributed by atoms with van der Waals surface area (Å²) < 4.78 is 25.2. The second-order valence-electron chi connectivity index (χ2n) is 8.88. The monoisotopic (exact) mass is 430 g/mol. The van der Waals surface area contributed by atoms with Crippen molar-refractivity contribution in [2.75, 3.05) is 6.61 Å². The van der Waals surface area contributed by atoms with Crippen LogP contribution >= 0.6 is 0 Å². The topological polar surface area (TPSA) is 57.2 Å². The average Bonchev–Trinajstić information content (AvgIpc) is 2.27. The molecule has 0 saturated carbocycles. The van der Waals surface area contributed by atoms with Gasteiger partial charge in [-0.05, 0) is 58.9 Å². The van der Waals surface area contributed by atoms with E-state index in [4.69, 9.17) is 17.4 Å². The van der Waals surface area contributed by atoms with E-state index in [9.17, 15) is 5.11 Å². The van der Waals surface area contributed by atoms with E-state index >= 15 is 0 Å². The van der Waals surface area contributed by atoms with E-state index in [1.165, 1.54) is 0 Å². The number of aliphatic hydroxyl groups excluding tert-OH is 1. The van der Waals surface area contributed by atoms with Crippen LogP contribution in [0, 0.1) is 0 Å². The quantitative estimate of drug-likeness (QED) is 0.370. The lowest BCUT2D eigenvalue weighted by molar-refractivity contribution is -0.141. The lowest BCUT2D eigenvalue weighted by atomic mass is 10.4. The minimum absolute atomic E-state index is 0.0538. The van der Waals surface area contributed by atoms with Crippen LogP contribution in [0.2, 0.25) is 58.9 Å². The molecular weight excluding hydrogens is 393 g/mol. The third kappa shape index (κ3) is 10.6. The molecule has 0 amide bonds. The highest BCUT2D eigenvalue weighted by Crippen LogP contribution is 2.30. The second-order valence-corrected chi connectivity index (χ2v) is 29.1. The summed E-state index contributed by atoms with van der Waals surface area (Å²) in [6.45, 7) is 19.4. The minimum atomic E-state index is -1.86. The molecule has 0 aromatic carbocycles. The molecule has 5 nitrogen and oxygen atoms in total. The van der Waals surface area contributed by atoms with Gasteiger partial charge in [-0.25, -0.2) is 0 Å². The first kappa shape index (κ1) is 24.1. The van der Waals surface area contributed by atoms with Crippen molar-refractivity contribution in [1.29, 1.82) is 0 Å². The van der Waals surface area contributed by atoms with Crippen LogP contribution in [-0.2, 0) is 17.4 Å². The minimum Gasteiger partial charge on any atom is -0.471 e. The summed E-state index contributed by atoms with van der Waals surface area (Å²) in [5.41, 5.74) is -0.722. The molecule has 1 atom stereocenters. The van der Waals surface area contributed by atoms with Gasteiger partial charge in [0.2, 0.25) is 0 Å². The summed E-state index contributed by atoms with van der Waals surface area (Å²) in [6, 6.07) is 0. The van der Waals surface area contributed by atoms with Gasteiger partial charge in [-0.3, -0.25) is 0 Å². The van der Waals surface area contributed by atoms with E-state index in [2.05, 4.69) is 58.9 Å². The van der Waals surface area contributed by atoms with E-state index < -0.39 is 48.7 Å². The van der Waals surface area contributed by atoms with E-state index in [0.29, 0.717) is 0 Å². The van der Waals surface area contributed by atoms with Crippen molar-refractivity contribution in [3.05, 3.63) is 0 Å². The van der Waals surface area contributed by atoms with Gasteiger partial charge in [-0.2, -0.15) is 0 Å². The zero-order chi connectivity index (χ0) is 18.5. The third-order valence-corrected chi connectivity index (χ3v) is 15.9. The Kier molecular flexibility index (Phi) is 9.60. The van der Waals surface area contributed by atoms with Gasteiger partial charge >= 0.3 is 0 Å². The van der Waals surface area contributed by atoms with Gasteiger partial charge in [0.15, 0.2) is 30.4 Å². The lowest BCUT2D eigenvalue weighted by Gasteiger charge is -2.48. The fourth-order valence-corrected chi connectivity index (χ4v) is 16.7. The van der Waals surface area contributed by atoms with Crippen molar-refractivity contribution in [2.45, 2.75) is 70.4 Å². The zero-order valence-electron chi connectivity index (χ0n) is 16.8. The first-order valence-corrected chi connectivity index (χ1v) is 24.6. The van der Waals surface area contributed by atoms with Gasteiger partial charge in [0.05, 0.1) is 6.61 Å². The van der Waals surface area contributed by atoms with Crippen molar-refractivity contribution >= 4 is 53.8 Å². The van der Waals surface area contributed by atoms with Gasteiger partial charge in [0.25, 0.3) is 0 Å². The van der Waals surface area contributed by atoms with Gasteiger partial charge in [-0.15, -0.1) is 0 Å². The predicted molar refractivity (Wildman–Crippen MR) is 115 cm³/mol. The molecule has 0 aliphatic heterocycles. The number of hydrogen-bond acceptors (Lipinski definition) is 5. The molecule has 0 spiro atoms. The average molecular weight is 431 g/mol. The largest absolute Gasteiger partial charge is 0.471 e. The van der Waals surface area contributed by atoms with Crippen molar-refractivity contribution in [3.63, 3.8) is 0 Å². The Hall–Kier alpha value is 1.10. The Bertz CT molecular complexity index is 333. The van der Waals surface area contributed by atoms with Crippen LogP contribution in [0.3, 0.4) is 0 Å². The smallest absolute Gasteiger partial charge is 0.187 e. The summed E-state index contributed by atoms with van der Waals surface area (Å²) in [5, 5.41) is 10.1. The maximum atomic E-state index is 10.1. The van der Waals surface area contributed by atoms with Crippen LogP contribution in [0.5, 0.6) is 0 Å². The summed E-state index contributed by atoms with van der Waals surface area (Å²) in [5.74, 6) is 0. The molecule has 140 valence electrons. The maximum absolute atomic E-state index is 10.1. The lowest BCUT2D eigenvalue weighted by Crippen LogP contribution is -2.65. The van der Waals surface area contributed by atoms with Crippen LogP contribution in [-0.4, -0.2) is 77.0 Å². The molecule has 11 heteroatoms. The van der Waals surface area contributed by atoms with Gasteiger partial charge in [0, 0.05) is 0 Å². The van der Waals surface area contributed by atoms with Crippen LogP contribution in [0.1, 0.15) is 0 Å². The predicted octanol–water partition coefficient (Wildman–Crippen LogP) is 0.0202. The molecule has 0 aromatic heterocycles.